The second-order valence-corrected chi connectivity index (χ2v) is 32.4. The lowest BCUT2D eigenvalue weighted by molar-refractivity contribution is 0.437. The molecule has 0 saturated heterocycles. The van der Waals surface area contributed by atoms with Crippen molar-refractivity contribution in [3.8, 4) is 136 Å². The molecule has 9 heteroatoms. The predicted octanol–water partition coefficient (Wildman–Crippen LogP) is 28.3. The van der Waals surface area contributed by atoms with Crippen LogP contribution in [-0.2, 0) is 10.8 Å². The van der Waals surface area contributed by atoms with E-state index in [0.29, 0.717) is 17.5 Å². The fraction of sp³-hybridized carbons (Fsp3) is 0.0174. The summed E-state index contributed by atoms with van der Waals surface area (Å²) in [5, 5.41) is 8.59. The first-order valence-corrected chi connectivity index (χ1v) is 42.1. The molecule has 17 aromatic carbocycles. The molecule has 9 nitrogen and oxygen atoms in total. The number of benzene rings is 17. The fourth-order valence-electron chi connectivity index (χ4n) is 20.1. The summed E-state index contributed by atoms with van der Waals surface area (Å²) in [7, 11) is 0. The van der Waals surface area contributed by atoms with Crippen LogP contribution in [-0.4, -0.2) is 34.9 Å². The van der Waals surface area contributed by atoms with E-state index in [1.165, 1.54) is 44.5 Å². The highest BCUT2D eigenvalue weighted by Crippen LogP contribution is 2.65. The van der Waals surface area contributed by atoms with Gasteiger partial charge in [-0.1, -0.05) is 358 Å². The molecule has 4 aliphatic rings. The number of pyridine rings is 4. The molecule has 2 aliphatic heterocycles. The van der Waals surface area contributed by atoms with Crippen molar-refractivity contribution in [3.63, 3.8) is 0 Å². The van der Waals surface area contributed by atoms with E-state index in [9.17, 15) is 0 Å². The summed E-state index contributed by atoms with van der Waals surface area (Å²) in [6.45, 7) is 0. The lowest BCUT2D eigenvalue weighted by atomic mass is 9.65. The molecular formula is C115H69N7O2. The van der Waals surface area contributed by atoms with Crippen LogP contribution in [0.5, 0.6) is 23.0 Å². The van der Waals surface area contributed by atoms with Gasteiger partial charge in [0.25, 0.3) is 0 Å². The van der Waals surface area contributed by atoms with E-state index in [1.807, 2.05) is 78.9 Å². The highest BCUT2D eigenvalue weighted by Gasteiger charge is 2.53. The average Bonchev–Trinajstić information content (AvgIpc) is 1.49. The maximum Gasteiger partial charge on any atom is 0.164 e. The zero-order chi connectivity index (χ0) is 81.6. The van der Waals surface area contributed by atoms with E-state index in [-0.39, 0.29) is 0 Å². The Labute approximate surface area is 714 Å². The molecule has 0 radical (unpaired) electrons. The van der Waals surface area contributed by atoms with Gasteiger partial charge in [0.05, 0.1) is 55.7 Å². The normalized spacial score (nSPS) is 13.1. The molecule has 0 N–H and O–H groups in total. The Morgan fingerprint density at radius 2 is 0.492 bits per heavy atom. The topological polar surface area (TPSA) is 109 Å². The second kappa shape index (κ2) is 28.1. The molecule has 0 unspecified atom stereocenters. The van der Waals surface area contributed by atoms with Crippen LogP contribution in [0.4, 0.5) is 0 Å². The Morgan fingerprint density at radius 1 is 0.177 bits per heavy atom. The van der Waals surface area contributed by atoms with E-state index < -0.39 is 10.8 Å². The third-order valence-electron chi connectivity index (χ3n) is 25.7. The van der Waals surface area contributed by atoms with E-state index in [0.717, 1.165) is 183 Å². The quantitative estimate of drug-likeness (QED) is 0.137. The first kappa shape index (κ1) is 70.5. The van der Waals surface area contributed by atoms with Gasteiger partial charge in [0.15, 0.2) is 17.5 Å². The van der Waals surface area contributed by atoms with Gasteiger partial charge in [0.2, 0.25) is 0 Å². The van der Waals surface area contributed by atoms with Crippen LogP contribution >= 0.6 is 0 Å². The zero-order valence-electron chi connectivity index (χ0n) is 66.8. The molecule has 0 bridgehead atoms. The maximum atomic E-state index is 6.97. The number of ether oxygens (including phenoxy) is 2. The van der Waals surface area contributed by atoms with Crippen molar-refractivity contribution >= 4 is 65.2 Å². The molecule has 0 amide bonds. The molecule has 0 atom stereocenters. The SMILES string of the molecule is c1ccc(-c2ccc3ccc4ccc(-c5ccc6c(c5)nc(-c5ccccc5)c5cc7c(cc56)Oc5ccccc5C75c6ccccc6-c6ccccc65)nc4c3n2)cc1.c1ccc(-c2nc(-c3ccccc3)nc(-c3ccc(-c4ccc5c(c4)nc(-c4ccccc4)c4cc6c(cc45)Oc4ccccc4C64c5ccccc5-c5ccccc54)cc3)n2)cc1. The Hall–Kier alpha value is -16.5. The lowest BCUT2D eigenvalue weighted by Crippen LogP contribution is -2.32. The van der Waals surface area contributed by atoms with Crippen LogP contribution in [0, 0.1) is 0 Å². The summed E-state index contributed by atoms with van der Waals surface area (Å²) in [5.74, 6) is 5.36. The van der Waals surface area contributed by atoms with Gasteiger partial charge in [0.1, 0.15) is 23.0 Å². The maximum absolute atomic E-state index is 6.97. The van der Waals surface area contributed by atoms with Gasteiger partial charge in [-0.05, 0) is 127 Å². The number of rotatable bonds is 8. The van der Waals surface area contributed by atoms with Crippen molar-refractivity contribution in [1.82, 2.24) is 34.9 Å². The molecule has 26 rings (SSSR count). The minimum Gasteiger partial charge on any atom is -0.457 e. The summed E-state index contributed by atoms with van der Waals surface area (Å²) in [6.07, 6.45) is 0. The monoisotopic (exact) mass is 1580 g/mol. The van der Waals surface area contributed by atoms with Crippen molar-refractivity contribution < 1.29 is 9.47 Å². The molecule has 22 aromatic rings. The van der Waals surface area contributed by atoms with E-state index in [2.05, 4.69) is 340 Å². The molecule has 0 saturated carbocycles. The first-order chi connectivity index (χ1) is 61.4. The number of aromatic nitrogens is 7. The number of para-hydroxylation sites is 2. The van der Waals surface area contributed by atoms with Gasteiger partial charge in [-0.15, -0.1) is 0 Å². The molecule has 2 aliphatic carbocycles. The van der Waals surface area contributed by atoms with Crippen molar-refractivity contribution in [2.24, 2.45) is 0 Å². The van der Waals surface area contributed by atoms with Crippen molar-refractivity contribution in [2.75, 3.05) is 0 Å². The summed E-state index contributed by atoms with van der Waals surface area (Å²) >= 11 is 0. The molecule has 0 fully saturated rings. The molecular weight excluding hydrogens is 1510 g/mol. The Balaban J connectivity index is 0.000000136. The number of nitrogens with zero attached hydrogens (tertiary/aromatic N) is 7. The third-order valence-corrected chi connectivity index (χ3v) is 25.7. The Kier molecular flexibility index (Phi) is 16.0. The molecule has 7 heterocycles. The van der Waals surface area contributed by atoms with Crippen molar-refractivity contribution in [3.05, 3.63) is 463 Å². The number of hydrogen-bond acceptors (Lipinski definition) is 9. The van der Waals surface area contributed by atoms with Gasteiger partial charge in [0, 0.05) is 93.5 Å². The number of hydrogen-bond donors (Lipinski definition) is 0. The Morgan fingerprint density at radius 3 is 0.911 bits per heavy atom. The van der Waals surface area contributed by atoms with Gasteiger partial charge < -0.3 is 9.47 Å². The largest absolute Gasteiger partial charge is 0.457 e. The summed E-state index contributed by atoms with van der Waals surface area (Å²) in [6, 6.07) is 148. The minimum absolute atomic E-state index is 0.568. The van der Waals surface area contributed by atoms with Crippen LogP contribution < -0.4 is 9.47 Å². The van der Waals surface area contributed by atoms with Crippen LogP contribution in [0.25, 0.3) is 178 Å². The molecule has 5 aromatic heterocycles. The third kappa shape index (κ3) is 10.9. The van der Waals surface area contributed by atoms with Gasteiger partial charge >= 0.3 is 0 Å². The molecule has 124 heavy (non-hydrogen) atoms. The molecule has 576 valence electrons. The zero-order valence-corrected chi connectivity index (χ0v) is 66.8. The summed E-state index contributed by atoms with van der Waals surface area (Å²) < 4.78 is 13.9. The van der Waals surface area contributed by atoms with E-state index in [1.54, 1.807) is 0 Å². The average molecular weight is 1580 g/mol. The second-order valence-electron chi connectivity index (χ2n) is 32.4. The van der Waals surface area contributed by atoms with Crippen molar-refractivity contribution in [1.29, 1.82) is 0 Å². The van der Waals surface area contributed by atoms with Crippen LogP contribution in [0.15, 0.2) is 419 Å². The van der Waals surface area contributed by atoms with Crippen molar-refractivity contribution in [2.45, 2.75) is 10.8 Å². The molecule has 2 spiro atoms. The highest BCUT2D eigenvalue weighted by atomic mass is 16.5. The predicted molar refractivity (Wildman–Crippen MR) is 501 cm³/mol. The highest BCUT2D eigenvalue weighted by molar-refractivity contribution is 6.15. The van der Waals surface area contributed by atoms with Crippen LogP contribution in [0.1, 0.15) is 44.5 Å². The first-order valence-electron chi connectivity index (χ1n) is 42.1. The van der Waals surface area contributed by atoms with Gasteiger partial charge in [-0.2, -0.15) is 0 Å². The Bertz CT molecular complexity index is 8020. The van der Waals surface area contributed by atoms with E-state index >= 15 is 0 Å². The van der Waals surface area contributed by atoms with Crippen LogP contribution in [0.2, 0.25) is 0 Å². The fourth-order valence-corrected chi connectivity index (χ4v) is 20.1. The smallest absolute Gasteiger partial charge is 0.164 e. The van der Waals surface area contributed by atoms with Gasteiger partial charge in [-0.3, -0.25) is 0 Å². The summed E-state index contributed by atoms with van der Waals surface area (Å²) in [4.78, 5) is 36.3. The van der Waals surface area contributed by atoms with E-state index in [4.69, 9.17) is 44.4 Å². The summed E-state index contributed by atoms with van der Waals surface area (Å²) in [5.41, 5.74) is 29.9. The lowest BCUT2D eigenvalue weighted by Gasteiger charge is -2.39. The van der Waals surface area contributed by atoms with Crippen LogP contribution in [0.3, 0.4) is 0 Å². The van der Waals surface area contributed by atoms with Gasteiger partial charge in [-0.25, -0.2) is 34.9 Å². The minimum atomic E-state index is -0.571. The standard InChI is InChI=1S/C59H36N4O.C56H33N3O/c1-4-16-38(17-5-1)55-47-35-51-54(64-53-27-15-14-26-50(53)59(51)48-24-12-10-22-43(48)44-23-11-13-25-49(44)59)36-46(47)45-33-32-42(34-52(45)60-55)37-28-30-41(31-29-37)58-62-56(39-18-6-2-7-19-39)61-57(63-58)40-20-8-3-9-21-40;1-3-13-34(14-4-1)48-29-26-36-23-24-37-27-30-49(58-55(37)54(36)57-48)38-25-28-41-42-33-52-47(32-43(42)53(59-50(41)31-38)35-15-5-2-6-16-35)56(46-21-11-12-22-51(46)60-52)44-19-9-7-17-39(44)40-18-8-10-20-45(40)56/h1-36H;1-33H. The number of fused-ring (bicyclic) bond motifs is 27.